The highest BCUT2D eigenvalue weighted by atomic mass is 16.1. The number of pyridine rings is 1. The van der Waals surface area contributed by atoms with Gasteiger partial charge in [-0.3, -0.25) is 19.0 Å². The largest absolute Gasteiger partial charge is 0.382 e. The number of rotatable bonds is 6. The van der Waals surface area contributed by atoms with Crippen LogP contribution in [0, 0.1) is 6.92 Å². The minimum absolute atomic E-state index is 0.0197. The zero-order valence-electron chi connectivity index (χ0n) is 21.1. The molecule has 3 aromatic heterocycles. The fourth-order valence-electron chi connectivity index (χ4n) is 6.47. The van der Waals surface area contributed by atoms with Gasteiger partial charge in [0.05, 0.1) is 6.42 Å². The number of nitrogens with zero attached hydrogens (tertiary/aromatic N) is 4. The van der Waals surface area contributed by atoms with Gasteiger partial charge in [0.1, 0.15) is 22.9 Å². The number of ketones is 1. The molecule has 2 saturated carbocycles. The summed E-state index contributed by atoms with van der Waals surface area (Å²) in [4.78, 5) is 38.6. The molecule has 0 spiro atoms. The van der Waals surface area contributed by atoms with Crippen molar-refractivity contribution in [2.45, 2.75) is 63.3 Å². The molecule has 6 rings (SSSR count). The lowest BCUT2D eigenvalue weighted by Gasteiger charge is -2.27. The number of carbonyl (C=O) groups is 2. The van der Waals surface area contributed by atoms with Crippen molar-refractivity contribution in [2.24, 2.45) is 0 Å². The zero-order valence-corrected chi connectivity index (χ0v) is 21.1. The van der Waals surface area contributed by atoms with Crippen LogP contribution in [0.3, 0.4) is 0 Å². The van der Waals surface area contributed by atoms with Crippen LogP contribution in [0.2, 0.25) is 0 Å². The van der Waals surface area contributed by atoms with E-state index in [-0.39, 0.29) is 29.1 Å². The molecule has 2 bridgehead atoms. The van der Waals surface area contributed by atoms with Crippen molar-refractivity contribution < 1.29 is 9.59 Å². The van der Waals surface area contributed by atoms with Crippen molar-refractivity contribution in [3.8, 4) is 11.3 Å². The van der Waals surface area contributed by atoms with E-state index in [1.807, 2.05) is 49.5 Å². The Hall–Kier alpha value is -4.07. The van der Waals surface area contributed by atoms with Crippen molar-refractivity contribution in [2.75, 3.05) is 5.73 Å². The fraction of sp³-hybridized carbons (Fsp3) is 0.345. The number of anilines is 1. The third kappa shape index (κ3) is 3.97. The number of carbonyl (C=O) groups excluding carboxylic acids is 2. The lowest BCUT2D eigenvalue weighted by atomic mass is 9.83. The predicted octanol–water partition coefficient (Wildman–Crippen LogP) is 4.20. The first-order chi connectivity index (χ1) is 17.8. The van der Waals surface area contributed by atoms with E-state index in [2.05, 4.69) is 19.7 Å². The van der Waals surface area contributed by atoms with E-state index in [0.29, 0.717) is 11.4 Å². The van der Waals surface area contributed by atoms with Gasteiger partial charge < -0.3 is 11.1 Å². The summed E-state index contributed by atoms with van der Waals surface area (Å²) in [5, 5.41) is 3.23. The van der Waals surface area contributed by atoms with Crippen molar-refractivity contribution >= 4 is 23.0 Å². The maximum absolute atomic E-state index is 12.9. The van der Waals surface area contributed by atoms with Crippen LogP contribution in [-0.2, 0) is 16.6 Å². The standard InChI is InChI=1S/C29H30N6O2/c1-18-7-12-31-22(15-18)16-23(37)20-3-5-21(6-4-20)24-25-26(30)32-13-14-35(25)27(33-24)28-8-10-29(17-28,11-9-28)34-19(2)36/h3-7,12-15H,8-11,16-17H2,1-2H3,(H2,30,32)(H,34,36). The minimum Gasteiger partial charge on any atom is -0.382 e. The number of benzene rings is 1. The van der Waals surface area contributed by atoms with Gasteiger partial charge in [0, 0.05) is 53.3 Å². The molecule has 188 valence electrons. The van der Waals surface area contributed by atoms with Crippen molar-refractivity contribution in [1.29, 1.82) is 0 Å². The molecule has 1 aromatic carbocycles. The Morgan fingerprint density at radius 2 is 1.81 bits per heavy atom. The molecule has 2 aliphatic carbocycles. The van der Waals surface area contributed by atoms with Gasteiger partial charge in [-0.2, -0.15) is 0 Å². The van der Waals surface area contributed by atoms with Crippen LogP contribution >= 0.6 is 0 Å². The van der Waals surface area contributed by atoms with E-state index < -0.39 is 0 Å². The summed E-state index contributed by atoms with van der Waals surface area (Å²) in [5.41, 5.74) is 11.0. The summed E-state index contributed by atoms with van der Waals surface area (Å²) >= 11 is 0. The Morgan fingerprint density at radius 1 is 1.05 bits per heavy atom. The van der Waals surface area contributed by atoms with E-state index in [4.69, 9.17) is 10.7 Å². The van der Waals surface area contributed by atoms with Crippen molar-refractivity contribution in [3.63, 3.8) is 0 Å². The second-order valence-corrected chi connectivity index (χ2v) is 10.7. The van der Waals surface area contributed by atoms with Gasteiger partial charge in [-0.1, -0.05) is 24.3 Å². The van der Waals surface area contributed by atoms with Crippen LogP contribution in [0.15, 0.2) is 55.0 Å². The number of nitrogens with one attached hydrogen (secondary N) is 1. The maximum atomic E-state index is 12.9. The molecule has 8 nitrogen and oxygen atoms in total. The van der Waals surface area contributed by atoms with E-state index in [1.165, 1.54) is 0 Å². The number of fused-ring (bicyclic) bond motifs is 3. The highest BCUT2D eigenvalue weighted by Gasteiger charge is 2.57. The molecule has 0 unspecified atom stereocenters. The Kier molecular flexibility index (Phi) is 5.36. The molecule has 3 N–H and O–H groups in total. The molecule has 1 amide bonds. The molecule has 0 saturated heterocycles. The SMILES string of the molecule is CC(=O)NC12CCC(c3nc(-c4ccc(C(=O)Cc5cc(C)ccn5)cc4)c4c(N)nccn34)(CC1)C2. The normalized spacial score (nSPS) is 22.4. The highest BCUT2D eigenvalue weighted by Crippen LogP contribution is 2.57. The number of hydrogen-bond acceptors (Lipinski definition) is 6. The van der Waals surface area contributed by atoms with Gasteiger partial charge in [0.2, 0.25) is 5.91 Å². The van der Waals surface area contributed by atoms with Crippen LogP contribution in [-0.4, -0.2) is 36.6 Å². The van der Waals surface area contributed by atoms with Crippen molar-refractivity contribution in [3.05, 3.63) is 77.6 Å². The lowest BCUT2D eigenvalue weighted by Crippen LogP contribution is -2.43. The number of Topliss-reactive ketones (excluding diaryl/α,β-unsaturated/α-hetero) is 1. The predicted molar refractivity (Wildman–Crippen MR) is 141 cm³/mol. The van der Waals surface area contributed by atoms with Crippen LogP contribution in [0.4, 0.5) is 5.82 Å². The molecule has 2 fully saturated rings. The molecular weight excluding hydrogens is 464 g/mol. The molecule has 2 aliphatic rings. The third-order valence-electron chi connectivity index (χ3n) is 8.13. The number of nitrogen functional groups attached to an aromatic ring is 1. The second kappa shape index (κ2) is 8.50. The molecule has 37 heavy (non-hydrogen) atoms. The topological polar surface area (TPSA) is 115 Å². The van der Waals surface area contributed by atoms with Gasteiger partial charge in [-0.05, 0) is 56.7 Å². The van der Waals surface area contributed by atoms with Crippen molar-refractivity contribution in [1.82, 2.24) is 24.7 Å². The number of amides is 1. The third-order valence-corrected chi connectivity index (χ3v) is 8.13. The number of aromatic nitrogens is 4. The van der Waals surface area contributed by atoms with Gasteiger partial charge in [-0.25, -0.2) is 9.97 Å². The van der Waals surface area contributed by atoms with Crippen LogP contribution in [0.5, 0.6) is 0 Å². The first kappa shape index (κ1) is 23.3. The smallest absolute Gasteiger partial charge is 0.217 e. The number of hydrogen-bond donors (Lipinski definition) is 2. The number of imidazole rings is 1. The monoisotopic (exact) mass is 494 g/mol. The summed E-state index contributed by atoms with van der Waals surface area (Å²) in [5.74, 6) is 1.43. The summed E-state index contributed by atoms with van der Waals surface area (Å²) in [6, 6.07) is 11.4. The van der Waals surface area contributed by atoms with Crippen LogP contribution < -0.4 is 11.1 Å². The number of aryl methyl sites for hydroxylation is 1. The first-order valence-electron chi connectivity index (χ1n) is 12.7. The number of nitrogens with two attached hydrogens (primary N) is 1. The molecule has 0 radical (unpaired) electrons. The Bertz CT molecular complexity index is 1530. The highest BCUT2D eigenvalue weighted by molar-refractivity contribution is 5.98. The molecule has 3 heterocycles. The quantitative estimate of drug-likeness (QED) is 0.388. The van der Waals surface area contributed by atoms with E-state index >= 15 is 0 Å². The molecule has 8 heteroatoms. The van der Waals surface area contributed by atoms with E-state index in [0.717, 1.165) is 66.0 Å². The summed E-state index contributed by atoms with van der Waals surface area (Å²) in [7, 11) is 0. The Balaban J connectivity index is 1.34. The fourth-order valence-corrected chi connectivity index (χ4v) is 6.47. The van der Waals surface area contributed by atoms with Gasteiger partial charge in [-0.15, -0.1) is 0 Å². The average molecular weight is 495 g/mol. The first-order valence-corrected chi connectivity index (χ1v) is 12.7. The summed E-state index contributed by atoms with van der Waals surface area (Å²) < 4.78 is 2.08. The second-order valence-electron chi connectivity index (χ2n) is 10.7. The lowest BCUT2D eigenvalue weighted by molar-refractivity contribution is -0.120. The average Bonchev–Trinajstić information content (AvgIpc) is 3.55. The minimum atomic E-state index is -0.148. The summed E-state index contributed by atoms with van der Waals surface area (Å²) in [6.07, 6.45) is 10.3. The van der Waals surface area contributed by atoms with Gasteiger partial charge >= 0.3 is 0 Å². The van der Waals surface area contributed by atoms with Gasteiger partial charge in [0.15, 0.2) is 5.78 Å². The zero-order chi connectivity index (χ0) is 25.8. The van der Waals surface area contributed by atoms with E-state index in [1.54, 1.807) is 19.3 Å². The molecule has 0 atom stereocenters. The van der Waals surface area contributed by atoms with Gasteiger partial charge in [0.25, 0.3) is 0 Å². The molecular formula is C29H30N6O2. The Labute approximate surface area is 215 Å². The molecule has 4 aromatic rings. The Morgan fingerprint density at radius 3 is 2.51 bits per heavy atom. The summed E-state index contributed by atoms with van der Waals surface area (Å²) in [6.45, 7) is 3.58. The molecule has 0 aliphatic heterocycles. The maximum Gasteiger partial charge on any atom is 0.217 e. The van der Waals surface area contributed by atoms with E-state index in [9.17, 15) is 9.59 Å². The van der Waals surface area contributed by atoms with Crippen LogP contribution in [0.1, 0.15) is 66.5 Å². The van der Waals surface area contributed by atoms with Crippen LogP contribution in [0.25, 0.3) is 16.8 Å².